The maximum atomic E-state index is 13.1. The number of hydrogen-bond acceptors (Lipinski definition) is 6. The Balaban J connectivity index is 1.59. The van der Waals surface area contributed by atoms with Crippen LogP contribution in [0.25, 0.3) is 11.4 Å². The van der Waals surface area contributed by atoms with Gasteiger partial charge in [-0.05, 0) is 44.0 Å². The molecule has 3 aromatic rings. The van der Waals surface area contributed by atoms with Gasteiger partial charge in [0.05, 0.1) is 18.8 Å². The summed E-state index contributed by atoms with van der Waals surface area (Å²) < 4.78 is 5.30. The number of tetrazole rings is 1. The van der Waals surface area contributed by atoms with Crippen molar-refractivity contribution in [2.75, 3.05) is 6.54 Å². The van der Waals surface area contributed by atoms with Crippen molar-refractivity contribution in [1.29, 1.82) is 0 Å². The maximum Gasteiger partial charge on any atom is 0.254 e. The number of aryl methyl sites for hydroxylation is 3. The molecule has 8 heteroatoms. The van der Waals surface area contributed by atoms with Crippen LogP contribution in [-0.4, -0.2) is 42.7 Å². The fourth-order valence-corrected chi connectivity index (χ4v) is 3.60. The standard InChI is InChI=1S/C18H20N6O2/c1-11-16(12(2)26-21-11)15-5-4-10-24(15)18(25)14-8-6-13(7-9-14)17-19-22-23(3)20-17/h6-9,15H,4-5,10H2,1-3H3. The van der Waals surface area contributed by atoms with Crippen molar-refractivity contribution in [3.8, 4) is 11.4 Å². The summed E-state index contributed by atoms with van der Waals surface area (Å²) in [6.07, 6.45) is 1.90. The zero-order valence-corrected chi connectivity index (χ0v) is 15.0. The maximum absolute atomic E-state index is 13.1. The highest BCUT2D eigenvalue weighted by molar-refractivity contribution is 5.95. The lowest BCUT2D eigenvalue weighted by Gasteiger charge is -2.25. The second-order valence-corrected chi connectivity index (χ2v) is 6.57. The predicted octanol–water partition coefficient (Wildman–Crippen LogP) is 2.46. The van der Waals surface area contributed by atoms with Gasteiger partial charge in [-0.3, -0.25) is 4.79 Å². The number of carbonyl (C=O) groups is 1. The highest BCUT2D eigenvalue weighted by Gasteiger charge is 2.34. The summed E-state index contributed by atoms with van der Waals surface area (Å²) in [6.45, 7) is 4.57. The minimum absolute atomic E-state index is 0.0196. The monoisotopic (exact) mass is 352 g/mol. The van der Waals surface area contributed by atoms with Crippen LogP contribution in [0.15, 0.2) is 28.8 Å². The molecule has 1 unspecified atom stereocenters. The van der Waals surface area contributed by atoms with Crippen molar-refractivity contribution in [3.63, 3.8) is 0 Å². The molecule has 8 nitrogen and oxygen atoms in total. The van der Waals surface area contributed by atoms with Gasteiger partial charge in [-0.15, -0.1) is 10.2 Å². The third-order valence-corrected chi connectivity index (χ3v) is 4.83. The average molecular weight is 352 g/mol. The number of benzene rings is 1. The normalized spacial score (nSPS) is 17.0. The quantitative estimate of drug-likeness (QED) is 0.719. The zero-order valence-electron chi connectivity index (χ0n) is 15.0. The van der Waals surface area contributed by atoms with Gasteiger partial charge in [-0.25, -0.2) is 0 Å². The first kappa shape index (κ1) is 16.4. The van der Waals surface area contributed by atoms with E-state index in [-0.39, 0.29) is 11.9 Å². The first-order valence-electron chi connectivity index (χ1n) is 8.63. The van der Waals surface area contributed by atoms with Gasteiger partial charge in [-0.1, -0.05) is 17.3 Å². The highest BCUT2D eigenvalue weighted by Crippen LogP contribution is 2.36. The van der Waals surface area contributed by atoms with Gasteiger partial charge >= 0.3 is 0 Å². The number of amides is 1. The fourth-order valence-electron chi connectivity index (χ4n) is 3.60. The molecule has 1 atom stereocenters. The number of hydrogen-bond donors (Lipinski definition) is 0. The van der Waals surface area contributed by atoms with Crippen LogP contribution in [0.3, 0.4) is 0 Å². The molecular formula is C18H20N6O2. The Morgan fingerprint density at radius 2 is 2.00 bits per heavy atom. The molecule has 0 N–H and O–H groups in total. The Morgan fingerprint density at radius 3 is 2.62 bits per heavy atom. The van der Waals surface area contributed by atoms with Crippen molar-refractivity contribution in [3.05, 3.63) is 46.8 Å². The molecule has 1 saturated heterocycles. The fraction of sp³-hybridized carbons (Fsp3) is 0.389. The molecule has 1 aromatic carbocycles. The molecule has 0 spiro atoms. The minimum Gasteiger partial charge on any atom is -0.361 e. The van der Waals surface area contributed by atoms with Gasteiger partial charge < -0.3 is 9.42 Å². The molecule has 1 amide bonds. The molecule has 26 heavy (non-hydrogen) atoms. The van der Waals surface area contributed by atoms with Crippen molar-refractivity contribution in [2.45, 2.75) is 32.7 Å². The van der Waals surface area contributed by atoms with E-state index in [0.717, 1.165) is 42.0 Å². The summed E-state index contributed by atoms with van der Waals surface area (Å²) >= 11 is 0. The van der Waals surface area contributed by atoms with E-state index in [4.69, 9.17) is 4.52 Å². The molecule has 0 saturated carbocycles. The Labute approximate surface area is 150 Å². The molecule has 0 aliphatic carbocycles. The van der Waals surface area contributed by atoms with Gasteiger partial charge in [0.15, 0.2) is 0 Å². The van der Waals surface area contributed by atoms with E-state index >= 15 is 0 Å². The topological polar surface area (TPSA) is 89.9 Å². The van der Waals surface area contributed by atoms with E-state index in [0.29, 0.717) is 11.4 Å². The Kier molecular flexibility index (Phi) is 4.02. The molecule has 3 heterocycles. The van der Waals surface area contributed by atoms with E-state index in [9.17, 15) is 4.79 Å². The van der Waals surface area contributed by atoms with Crippen LogP contribution >= 0.6 is 0 Å². The predicted molar refractivity (Wildman–Crippen MR) is 93.2 cm³/mol. The first-order valence-corrected chi connectivity index (χ1v) is 8.63. The summed E-state index contributed by atoms with van der Waals surface area (Å²) in [5.74, 6) is 1.35. The molecule has 0 radical (unpaired) electrons. The SMILES string of the molecule is Cc1noc(C)c1C1CCCN1C(=O)c1ccc(-c2nnn(C)n2)cc1. The van der Waals surface area contributed by atoms with Gasteiger partial charge in [0.25, 0.3) is 5.91 Å². The number of rotatable bonds is 3. The van der Waals surface area contributed by atoms with Crippen LogP contribution in [0.5, 0.6) is 0 Å². The molecular weight excluding hydrogens is 332 g/mol. The van der Waals surface area contributed by atoms with Crippen LogP contribution < -0.4 is 0 Å². The summed E-state index contributed by atoms with van der Waals surface area (Å²) in [5.41, 5.74) is 3.38. The van der Waals surface area contributed by atoms with Gasteiger partial charge in [-0.2, -0.15) is 4.80 Å². The Hall–Kier alpha value is -3.03. The number of nitrogens with zero attached hydrogens (tertiary/aromatic N) is 6. The molecule has 2 aromatic heterocycles. The molecule has 4 rings (SSSR count). The van der Waals surface area contributed by atoms with Crippen LogP contribution in [0, 0.1) is 13.8 Å². The summed E-state index contributed by atoms with van der Waals surface area (Å²) in [5, 5.41) is 16.0. The average Bonchev–Trinajstić information content (AvgIpc) is 3.35. The van der Waals surface area contributed by atoms with Crippen molar-refractivity contribution in [1.82, 2.24) is 30.3 Å². The lowest BCUT2D eigenvalue weighted by atomic mass is 10.0. The molecule has 1 aliphatic rings. The third-order valence-electron chi connectivity index (χ3n) is 4.83. The highest BCUT2D eigenvalue weighted by atomic mass is 16.5. The molecule has 134 valence electrons. The third kappa shape index (κ3) is 2.77. The first-order chi connectivity index (χ1) is 12.5. The zero-order chi connectivity index (χ0) is 18.3. The lowest BCUT2D eigenvalue weighted by Crippen LogP contribution is -2.31. The van der Waals surface area contributed by atoms with Gasteiger partial charge in [0.1, 0.15) is 5.76 Å². The van der Waals surface area contributed by atoms with Crippen molar-refractivity contribution in [2.24, 2.45) is 7.05 Å². The summed E-state index contributed by atoms with van der Waals surface area (Å²) in [6, 6.07) is 7.36. The summed E-state index contributed by atoms with van der Waals surface area (Å²) in [4.78, 5) is 16.4. The Bertz CT molecular complexity index is 924. The number of likely N-dealkylation sites (tertiary alicyclic amines) is 1. The number of carbonyl (C=O) groups excluding carboxylic acids is 1. The van der Waals surface area contributed by atoms with Crippen LogP contribution in [0.1, 0.15) is 46.3 Å². The van der Waals surface area contributed by atoms with Crippen molar-refractivity contribution >= 4 is 5.91 Å². The van der Waals surface area contributed by atoms with Gasteiger partial charge in [0, 0.05) is 23.2 Å². The van der Waals surface area contributed by atoms with E-state index in [1.807, 2.05) is 43.0 Å². The largest absolute Gasteiger partial charge is 0.361 e. The summed E-state index contributed by atoms with van der Waals surface area (Å²) in [7, 11) is 1.72. The smallest absolute Gasteiger partial charge is 0.254 e. The van der Waals surface area contributed by atoms with E-state index < -0.39 is 0 Å². The second-order valence-electron chi connectivity index (χ2n) is 6.57. The van der Waals surface area contributed by atoms with Crippen molar-refractivity contribution < 1.29 is 9.32 Å². The second kappa shape index (κ2) is 6.36. The lowest BCUT2D eigenvalue weighted by molar-refractivity contribution is 0.0734. The van der Waals surface area contributed by atoms with E-state index in [1.165, 1.54) is 4.80 Å². The minimum atomic E-state index is 0.0196. The molecule has 1 aliphatic heterocycles. The van der Waals surface area contributed by atoms with Crippen LogP contribution in [0.4, 0.5) is 0 Å². The number of aromatic nitrogens is 5. The molecule has 0 bridgehead atoms. The van der Waals surface area contributed by atoms with Crippen LogP contribution in [-0.2, 0) is 7.05 Å². The van der Waals surface area contributed by atoms with E-state index in [1.54, 1.807) is 7.05 Å². The van der Waals surface area contributed by atoms with Crippen LogP contribution in [0.2, 0.25) is 0 Å². The van der Waals surface area contributed by atoms with E-state index in [2.05, 4.69) is 20.6 Å². The van der Waals surface area contributed by atoms with Gasteiger partial charge in [0.2, 0.25) is 5.82 Å². The molecule has 1 fully saturated rings. The Morgan fingerprint density at radius 1 is 1.23 bits per heavy atom.